The highest BCUT2D eigenvalue weighted by molar-refractivity contribution is 6.08. The van der Waals surface area contributed by atoms with Crippen molar-refractivity contribution in [3.05, 3.63) is 11.6 Å². The van der Waals surface area contributed by atoms with Crippen molar-refractivity contribution in [2.45, 2.75) is 32.6 Å². The number of esters is 1. The zero-order valence-corrected chi connectivity index (χ0v) is 8.99. The number of ether oxygens (including phenoxy) is 1. The number of rotatable bonds is 2. The summed E-state index contributed by atoms with van der Waals surface area (Å²) in [5, 5.41) is 0. The van der Waals surface area contributed by atoms with Crippen LogP contribution < -0.4 is 0 Å². The minimum atomic E-state index is -0.528. The molecule has 2 aliphatic carbocycles. The lowest BCUT2D eigenvalue weighted by molar-refractivity contribution is -0.151. The summed E-state index contributed by atoms with van der Waals surface area (Å²) in [7, 11) is 0. The molecule has 0 bridgehead atoms. The molecule has 0 aliphatic heterocycles. The average molecular weight is 208 g/mol. The van der Waals surface area contributed by atoms with Gasteiger partial charge in [-0.25, -0.2) is 0 Å². The highest BCUT2D eigenvalue weighted by Crippen LogP contribution is 2.40. The van der Waals surface area contributed by atoms with Crippen molar-refractivity contribution in [3.8, 4) is 0 Å². The van der Waals surface area contributed by atoms with Crippen molar-refractivity contribution in [2.75, 3.05) is 6.61 Å². The molecule has 0 N–H and O–H groups in total. The fraction of sp³-hybridized carbons (Fsp3) is 0.667. The SMILES string of the molecule is CCOC(=O)[C@@H]1C(=O)C=C2CCCC[C@H]21. The van der Waals surface area contributed by atoms with E-state index in [1.165, 1.54) is 5.57 Å². The summed E-state index contributed by atoms with van der Waals surface area (Å²) in [6.07, 6.45) is 5.87. The van der Waals surface area contributed by atoms with E-state index in [-0.39, 0.29) is 17.7 Å². The third-order valence-corrected chi connectivity index (χ3v) is 3.28. The summed E-state index contributed by atoms with van der Waals surface area (Å²) in [4.78, 5) is 23.3. The van der Waals surface area contributed by atoms with Gasteiger partial charge in [-0.05, 0) is 32.3 Å². The van der Waals surface area contributed by atoms with E-state index < -0.39 is 5.92 Å². The van der Waals surface area contributed by atoms with E-state index in [0.29, 0.717) is 6.61 Å². The second-order valence-corrected chi connectivity index (χ2v) is 4.20. The van der Waals surface area contributed by atoms with Crippen molar-refractivity contribution < 1.29 is 14.3 Å². The van der Waals surface area contributed by atoms with Crippen molar-refractivity contribution >= 4 is 11.8 Å². The number of carbonyl (C=O) groups is 2. The van der Waals surface area contributed by atoms with Crippen LogP contribution in [0.25, 0.3) is 0 Å². The number of hydrogen-bond acceptors (Lipinski definition) is 3. The standard InChI is InChI=1S/C12H16O3/c1-2-15-12(14)11-9-6-4-3-5-8(9)7-10(11)13/h7,9,11H,2-6H2,1H3/t9-,11+/m1/s1. The van der Waals surface area contributed by atoms with E-state index in [9.17, 15) is 9.59 Å². The molecule has 1 saturated carbocycles. The zero-order chi connectivity index (χ0) is 10.8. The van der Waals surface area contributed by atoms with Gasteiger partial charge in [0.05, 0.1) is 6.61 Å². The first-order valence-corrected chi connectivity index (χ1v) is 5.65. The third-order valence-electron chi connectivity index (χ3n) is 3.28. The predicted octanol–water partition coefficient (Wildman–Crippen LogP) is 1.86. The van der Waals surface area contributed by atoms with Gasteiger partial charge >= 0.3 is 5.97 Å². The number of carbonyl (C=O) groups excluding carboxylic acids is 2. The molecule has 0 aromatic carbocycles. The third kappa shape index (κ3) is 1.83. The van der Waals surface area contributed by atoms with Gasteiger partial charge in [0, 0.05) is 5.92 Å². The van der Waals surface area contributed by atoms with Crippen LogP contribution in [0.3, 0.4) is 0 Å². The normalized spacial score (nSPS) is 29.7. The van der Waals surface area contributed by atoms with Gasteiger partial charge in [0.15, 0.2) is 5.78 Å². The summed E-state index contributed by atoms with van der Waals surface area (Å²) < 4.78 is 4.95. The zero-order valence-electron chi connectivity index (χ0n) is 8.99. The highest BCUT2D eigenvalue weighted by Gasteiger charge is 2.42. The predicted molar refractivity (Wildman–Crippen MR) is 55.2 cm³/mol. The van der Waals surface area contributed by atoms with Gasteiger partial charge in [-0.1, -0.05) is 12.0 Å². The number of allylic oxidation sites excluding steroid dienone is 2. The monoisotopic (exact) mass is 208 g/mol. The first-order chi connectivity index (χ1) is 7.24. The van der Waals surface area contributed by atoms with E-state index in [1.807, 2.05) is 0 Å². The van der Waals surface area contributed by atoms with E-state index >= 15 is 0 Å². The molecular formula is C12H16O3. The van der Waals surface area contributed by atoms with Gasteiger partial charge in [0.1, 0.15) is 5.92 Å². The Hall–Kier alpha value is -1.12. The molecule has 2 atom stereocenters. The Bertz CT molecular complexity index is 317. The van der Waals surface area contributed by atoms with Crippen LogP contribution in [-0.4, -0.2) is 18.4 Å². The number of ketones is 1. The van der Waals surface area contributed by atoms with Crippen LogP contribution in [0.1, 0.15) is 32.6 Å². The highest BCUT2D eigenvalue weighted by atomic mass is 16.5. The molecule has 0 heterocycles. The van der Waals surface area contributed by atoms with Gasteiger partial charge in [-0.2, -0.15) is 0 Å². The van der Waals surface area contributed by atoms with Gasteiger partial charge in [-0.15, -0.1) is 0 Å². The van der Waals surface area contributed by atoms with Crippen molar-refractivity contribution in [1.82, 2.24) is 0 Å². The van der Waals surface area contributed by atoms with Crippen LogP contribution in [0.2, 0.25) is 0 Å². The Morgan fingerprint density at radius 3 is 3.07 bits per heavy atom. The lowest BCUT2D eigenvalue weighted by Crippen LogP contribution is -2.29. The summed E-state index contributed by atoms with van der Waals surface area (Å²) in [6.45, 7) is 2.12. The topological polar surface area (TPSA) is 43.4 Å². The molecule has 1 fully saturated rings. The van der Waals surface area contributed by atoms with Crippen molar-refractivity contribution in [1.29, 1.82) is 0 Å². The average Bonchev–Trinajstić information content (AvgIpc) is 2.54. The molecule has 15 heavy (non-hydrogen) atoms. The number of fused-ring (bicyclic) bond motifs is 1. The Morgan fingerprint density at radius 2 is 2.33 bits per heavy atom. The lowest BCUT2D eigenvalue weighted by Gasteiger charge is -2.24. The van der Waals surface area contributed by atoms with Crippen molar-refractivity contribution in [2.24, 2.45) is 11.8 Å². The lowest BCUT2D eigenvalue weighted by atomic mass is 9.80. The number of hydrogen-bond donors (Lipinski definition) is 0. The van der Waals surface area contributed by atoms with Crippen LogP contribution in [0.4, 0.5) is 0 Å². The molecule has 82 valence electrons. The molecule has 0 spiro atoms. The van der Waals surface area contributed by atoms with Crippen LogP contribution in [0, 0.1) is 11.8 Å². The maximum atomic E-state index is 11.7. The second-order valence-electron chi connectivity index (χ2n) is 4.20. The fourth-order valence-electron chi connectivity index (χ4n) is 2.61. The van der Waals surface area contributed by atoms with Gasteiger partial charge in [0.25, 0.3) is 0 Å². The van der Waals surface area contributed by atoms with E-state index in [4.69, 9.17) is 4.74 Å². The van der Waals surface area contributed by atoms with Crippen LogP contribution in [0.15, 0.2) is 11.6 Å². The molecule has 3 heteroatoms. The summed E-state index contributed by atoms with van der Waals surface area (Å²) in [5.74, 6) is -0.762. The Labute approximate surface area is 89.5 Å². The van der Waals surface area contributed by atoms with E-state index in [2.05, 4.69) is 0 Å². The fourth-order valence-corrected chi connectivity index (χ4v) is 2.61. The molecule has 2 rings (SSSR count). The molecule has 0 unspecified atom stereocenters. The Kier molecular flexibility index (Phi) is 2.89. The Balaban J connectivity index is 2.13. The maximum Gasteiger partial charge on any atom is 0.317 e. The van der Waals surface area contributed by atoms with Crippen LogP contribution >= 0.6 is 0 Å². The van der Waals surface area contributed by atoms with E-state index in [1.54, 1.807) is 13.0 Å². The molecule has 0 saturated heterocycles. The van der Waals surface area contributed by atoms with E-state index in [0.717, 1.165) is 25.7 Å². The molecule has 0 amide bonds. The van der Waals surface area contributed by atoms with Crippen LogP contribution in [-0.2, 0) is 14.3 Å². The second kappa shape index (κ2) is 4.17. The largest absolute Gasteiger partial charge is 0.465 e. The first-order valence-electron chi connectivity index (χ1n) is 5.65. The van der Waals surface area contributed by atoms with Gasteiger partial charge < -0.3 is 4.74 Å². The summed E-state index contributed by atoms with van der Waals surface area (Å²) >= 11 is 0. The molecule has 3 nitrogen and oxygen atoms in total. The van der Waals surface area contributed by atoms with Gasteiger partial charge in [-0.3, -0.25) is 9.59 Å². The van der Waals surface area contributed by atoms with Crippen molar-refractivity contribution in [3.63, 3.8) is 0 Å². The first kappa shape index (κ1) is 10.4. The molecular weight excluding hydrogens is 192 g/mol. The molecule has 2 aliphatic rings. The Morgan fingerprint density at radius 1 is 1.53 bits per heavy atom. The minimum Gasteiger partial charge on any atom is -0.465 e. The molecule has 0 radical (unpaired) electrons. The molecule has 0 aromatic heterocycles. The summed E-state index contributed by atoms with van der Waals surface area (Å²) in [5.41, 5.74) is 1.17. The quantitative estimate of drug-likeness (QED) is 0.514. The molecule has 0 aromatic rings. The maximum absolute atomic E-state index is 11.7. The van der Waals surface area contributed by atoms with Gasteiger partial charge in [0.2, 0.25) is 0 Å². The minimum absolute atomic E-state index is 0.0460. The summed E-state index contributed by atoms with van der Waals surface area (Å²) in [6, 6.07) is 0. The van der Waals surface area contributed by atoms with Crippen LogP contribution in [0.5, 0.6) is 0 Å². The smallest absolute Gasteiger partial charge is 0.317 e.